The van der Waals surface area contributed by atoms with Crippen LogP contribution in [0.2, 0.25) is 0 Å². The molecule has 0 saturated heterocycles. The average molecular weight is 135 g/mol. The summed E-state index contributed by atoms with van der Waals surface area (Å²) in [5.41, 5.74) is 0.491. The molecule has 0 aliphatic carbocycles. The monoisotopic (exact) mass is 135 g/mol. The molecule has 0 spiro atoms. The van der Waals surface area contributed by atoms with E-state index in [2.05, 4.69) is 6.58 Å². The molecule has 0 aliphatic heterocycles. The summed E-state index contributed by atoms with van der Waals surface area (Å²) in [5.74, 6) is -0.210. The molecule has 0 atom stereocenters. The molecule has 2 heteroatoms. The second-order valence-corrected chi connectivity index (χ2v) is 1.74. The molecule has 0 amide bonds. The van der Waals surface area contributed by atoms with Gasteiger partial charge in [0.1, 0.15) is 0 Å². The van der Waals surface area contributed by atoms with Gasteiger partial charge in [-0.15, -0.1) is 0 Å². The number of allylic oxidation sites excluding steroid dienone is 3. The number of carbonyl (C=O) groups is 1. The standard InChI is InChI=1S/C8H9NO/c1-3-7(6-9)5-8(10)4-2/h4-5H,2-3H2,1H3. The Morgan fingerprint density at radius 1 is 1.80 bits per heavy atom. The summed E-state index contributed by atoms with van der Waals surface area (Å²) in [5, 5.41) is 8.37. The van der Waals surface area contributed by atoms with Crippen LogP contribution >= 0.6 is 0 Å². The number of carbonyl (C=O) groups excluding carboxylic acids is 1. The van der Waals surface area contributed by atoms with E-state index in [4.69, 9.17) is 5.26 Å². The highest BCUT2D eigenvalue weighted by atomic mass is 16.1. The predicted octanol–water partition coefficient (Wildman–Crippen LogP) is 1.60. The first kappa shape index (κ1) is 8.64. The van der Waals surface area contributed by atoms with Gasteiger partial charge in [0.25, 0.3) is 0 Å². The molecule has 0 aliphatic rings. The fraction of sp³-hybridized carbons (Fsp3) is 0.250. The number of ketones is 1. The summed E-state index contributed by atoms with van der Waals surface area (Å²) in [6.45, 7) is 5.10. The third-order valence-corrected chi connectivity index (χ3v) is 1.04. The van der Waals surface area contributed by atoms with Gasteiger partial charge in [0, 0.05) is 5.57 Å². The number of rotatable bonds is 3. The van der Waals surface area contributed by atoms with E-state index in [0.717, 1.165) is 0 Å². The van der Waals surface area contributed by atoms with Gasteiger partial charge in [0.05, 0.1) is 6.07 Å². The van der Waals surface area contributed by atoms with E-state index in [1.807, 2.05) is 13.0 Å². The largest absolute Gasteiger partial charge is 0.290 e. The molecule has 0 saturated carbocycles. The van der Waals surface area contributed by atoms with Crippen molar-refractivity contribution in [3.63, 3.8) is 0 Å². The summed E-state index contributed by atoms with van der Waals surface area (Å²) in [4.78, 5) is 10.6. The number of nitriles is 1. The molecule has 0 rings (SSSR count). The summed E-state index contributed by atoms with van der Waals surface area (Å²) in [6, 6.07) is 1.91. The van der Waals surface area contributed by atoms with E-state index in [1.165, 1.54) is 12.2 Å². The second-order valence-electron chi connectivity index (χ2n) is 1.74. The minimum absolute atomic E-state index is 0.210. The minimum atomic E-state index is -0.210. The Morgan fingerprint density at radius 2 is 2.40 bits per heavy atom. The second kappa shape index (κ2) is 4.51. The highest BCUT2D eigenvalue weighted by Gasteiger charge is 1.93. The molecule has 0 fully saturated rings. The summed E-state index contributed by atoms with van der Waals surface area (Å²) < 4.78 is 0. The fourth-order valence-corrected chi connectivity index (χ4v) is 0.444. The van der Waals surface area contributed by atoms with Crippen molar-refractivity contribution in [3.8, 4) is 6.07 Å². The number of hydrogen-bond donors (Lipinski definition) is 0. The predicted molar refractivity (Wildman–Crippen MR) is 39.2 cm³/mol. The summed E-state index contributed by atoms with van der Waals surface area (Å²) in [7, 11) is 0. The van der Waals surface area contributed by atoms with Crippen LogP contribution in [-0.4, -0.2) is 5.78 Å². The quantitative estimate of drug-likeness (QED) is 0.435. The zero-order valence-corrected chi connectivity index (χ0v) is 5.92. The smallest absolute Gasteiger partial charge is 0.179 e. The first-order valence-corrected chi connectivity index (χ1v) is 3.01. The lowest BCUT2D eigenvalue weighted by atomic mass is 10.2. The lowest BCUT2D eigenvalue weighted by Crippen LogP contribution is -1.86. The van der Waals surface area contributed by atoms with Crippen LogP contribution in [0, 0.1) is 11.3 Å². The molecule has 0 aromatic rings. The van der Waals surface area contributed by atoms with E-state index >= 15 is 0 Å². The van der Waals surface area contributed by atoms with Gasteiger partial charge in [0.2, 0.25) is 0 Å². The first-order chi connectivity index (χ1) is 4.74. The van der Waals surface area contributed by atoms with E-state index in [1.54, 1.807) is 0 Å². The first-order valence-electron chi connectivity index (χ1n) is 3.01. The van der Waals surface area contributed by atoms with Gasteiger partial charge in [-0.2, -0.15) is 5.26 Å². The zero-order valence-electron chi connectivity index (χ0n) is 5.92. The molecular formula is C8H9NO. The van der Waals surface area contributed by atoms with Gasteiger partial charge in [0.15, 0.2) is 5.78 Å². The Morgan fingerprint density at radius 3 is 2.70 bits per heavy atom. The maximum absolute atomic E-state index is 10.6. The maximum Gasteiger partial charge on any atom is 0.179 e. The van der Waals surface area contributed by atoms with Crippen molar-refractivity contribution in [1.29, 1.82) is 5.26 Å². The average Bonchev–Trinajstić information content (AvgIpc) is 1.99. The van der Waals surface area contributed by atoms with Crippen LogP contribution in [0.15, 0.2) is 24.3 Å². The van der Waals surface area contributed by atoms with Crippen molar-refractivity contribution >= 4 is 5.78 Å². The van der Waals surface area contributed by atoms with Gasteiger partial charge in [-0.25, -0.2) is 0 Å². The van der Waals surface area contributed by atoms with E-state index < -0.39 is 0 Å². The van der Waals surface area contributed by atoms with Gasteiger partial charge < -0.3 is 0 Å². The van der Waals surface area contributed by atoms with Gasteiger partial charge >= 0.3 is 0 Å². The van der Waals surface area contributed by atoms with Crippen molar-refractivity contribution in [2.24, 2.45) is 0 Å². The van der Waals surface area contributed by atoms with Crippen LogP contribution in [0.5, 0.6) is 0 Å². The SMILES string of the molecule is C=CC(=O)C=C(C#N)CC. The Labute approximate surface area is 60.5 Å². The topological polar surface area (TPSA) is 40.9 Å². The van der Waals surface area contributed by atoms with Crippen LogP contribution in [0.4, 0.5) is 0 Å². The van der Waals surface area contributed by atoms with Crippen molar-refractivity contribution in [1.82, 2.24) is 0 Å². The molecule has 0 unspecified atom stereocenters. The van der Waals surface area contributed by atoms with Crippen LogP contribution in [0.25, 0.3) is 0 Å². The third kappa shape index (κ3) is 2.83. The Balaban J connectivity index is 4.28. The van der Waals surface area contributed by atoms with E-state index in [0.29, 0.717) is 12.0 Å². The molecular weight excluding hydrogens is 126 g/mol. The molecule has 0 aromatic carbocycles. The van der Waals surface area contributed by atoms with Crippen LogP contribution in [0.1, 0.15) is 13.3 Å². The number of hydrogen-bond acceptors (Lipinski definition) is 2. The van der Waals surface area contributed by atoms with Gasteiger partial charge in [-0.05, 0) is 18.6 Å². The van der Waals surface area contributed by atoms with Crippen molar-refractivity contribution < 1.29 is 4.79 Å². The van der Waals surface area contributed by atoms with Crippen molar-refractivity contribution in [2.75, 3.05) is 0 Å². The third-order valence-electron chi connectivity index (χ3n) is 1.04. The molecule has 0 heterocycles. The van der Waals surface area contributed by atoms with Crippen LogP contribution in [0.3, 0.4) is 0 Å². The Kier molecular flexibility index (Phi) is 3.90. The fourth-order valence-electron chi connectivity index (χ4n) is 0.444. The molecule has 10 heavy (non-hydrogen) atoms. The normalized spacial score (nSPS) is 10.2. The van der Waals surface area contributed by atoms with Gasteiger partial charge in [-0.3, -0.25) is 4.79 Å². The number of nitrogens with zero attached hydrogens (tertiary/aromatic N) is 1. The van der Waals surface area contributed by atoms with Crippen LogP contribution < -0.4 is 0 Å². The van der Waals surface area contributed by atoms with Crippen LogP contribution in [-0.2, 0) is 4.79 Å². The maximum atomic E-state index is 10.6. The molecule has 0 bridgehead atoms. The Bertz CT molecular complexity index is 208. The van der Waals surface area contributed by atoms with E-state index in [9.17, 15) is 4.79 Å². The minimum Gasteiger partial charge on any atom is -0.290 e. The van der Waals surface area contributed by atoms with E-state index in [-0.39, 0.29) is 5.78 Å². The summed E-state index contributed by atoms with van der Waals surface area (Å²) >= 11 is 0. The molecule has 0 aromatic heterocycles. The van der Waals surface area contributed by atoms with Crippen molar-refractivity contribution in [3.05, 3.63) is 24.3 Å². The van der Waals surface area contributed by atoms with Gasteiger partial charge in [-0.1, -0.05) is 13.5 Å². The van der Waals surface area contributed by atoms with Crippen molar-refractivity contribution in [2.45, 2.75) is 13.3 Å². The molecule has 52 valence electrons. The lowest BCUT2D eigenvalue weighted by molar-refractivity contribution is -0.110. The Hall–Kier alpha value is -1.36. The highest BCUT2D eigenvalue weighted by Crippen LogP contribution is 1.97. The molecule has 0 radical (unpaired) electrons. The molecule has 0 N–H and O–H groups in total. The molecule has 2 nitrogen and oxygen atoms in total. The lowest BCUT2D eigenvalue weighted by Gasteiger charge is -1.86. The zero-order chi connectivity index (χ0) is 7.98. The highest BCUT2D eigenvalue weighted by molar-refractivity contribution is 5.99. The summed E-state index contributed by atoms with van der Waals surface area (Å²) in [6.07, 6.45) is 3.08.